The van der Waals surface area contributed by atoms with E-state index < -0.39 is 0 Å². The molecule has 0 fully saturated rings. The minimum Gasteiger partial charge on any atom is -0.399 e. The molecule has 5 heteroatoms. The average Bonchev–Trinajstić information content (AvgIpc) is 2.89. The molecule has 0 amide bonds. The lowest BCUT2D eigenvalue weighted by atomic mass is 10.1. The maximum atomic E-state index is 5.67. The largest absolute Gasteiger partial charge is 0.399 e. The molecule has 94 valence electrons. The first-order valence-electron chi connectivity index (χ1n) is 5.95. The van der Waals surface area contributed by atoms with Gasteiger partial charge in [-0.25, -0.2) is 9.97 Å². The molecule has 19 heavy (non-hydrogen) atoms. The van der Waals surface area contributed by atoms with E-state index in [0.717, 1.165) is 22.6 Å². The lowest BCUT2D eigenvalue weighted by Crippen LogP contribution is -2.03. The Morgan fingerprint density at radius 2 is 1.74 bits per heavy atom. The van der Waals surface area contributed by atoms with Crippen LogP contribution in [0, 0.1) is 0 Å². The second-order valence-electron chi connectivity index (χ2n) is 4.21. The van der Waals surface area contributed by atoms with Crippen LogP contribution < -0.4 is 5.73 Å². The Balaban J connectivity index is 1.82. The normalized spacial score (nSPS) is 10.5. The molecule has 3 aromatic rings. The van der Waals surface area contributed by atoms with Crippen LogP contribution in [0.5, 0.6) is 0 Å². The summed E-state index contributed by atoms with van der Waals surface area (Å²) in [5.74, 6) is 0.745. The molecule has 0 aliphatic carbocycles. The summed E-state index contributed by atoms with van der Waals surface area (Å²) in [5.41, 5.74) is 8.58. The van der Waals surface area contributed by atoms with Gasteiger partial charge in [0.15, 0.2) is 0 Å². The third kappa shape index (κ3) is 2.60. The molecule has 0 bridgehead atoms. The topological polar surface area (TPSA) is 69.6 Å². The van der Waals surface area contributed by atoms with Gasteiger partial charge in [-0.15, -0.1) is 0 Å². The van der Waals surface area contributed by atoms with Gasteiger partial charge in [-0.05, 0) is 23.8 Å². The number of rotatable bonds is 3. The molecule has 0 saturated carbocycles. The molecule has 3 rings (SSSR count). The van der Waals surface area contributed by atoms with Gasteiger partial charge in [-0.3, -0.25) is 4.68 Å². The summed E-state index contributed by atoms with van der Waals surface area (Å²) in [6.45, 7) is 0.565. The SMILES string of the molecule is Nc1ccc(-c2cnn(Cc3ncccn3)c2)cc1. The van der Waals surface area contributed by atoms with Crippen molar-refractivity contribution in [3.63, 3.8) is 0 Å². The third-order valence-electron chi connectivity index (χ3n) is 2.80. The Morgan fingerprint density at radius 3 is 2.47 bits per heavy atom. The van der Waals surface area contributed by atoms with Crippen molar-refractivity contribution in [1.82, 2.24) is 19.7 Å². The zero-order valence-electron chi connectivity index (χ0n) is 10.3. The highest BCUT2D eigenvalue weighted by atomic mass is 15.3. The standard InChI is InChI=1S/C14H13N5/c15-13-4-2-11(3-5-13)12-8-18-19(9-12)10-14-16-6-1-7-17-14/h1-9H,10,15H2. The Bertz CT molecular complexity index is 658. The van der Waals surface area contributed by atoms with Crippen LogP contribution in [-0.2, 0) is 6.54 Å². The maximum Gasteiger partial charge on any atom is 0.149 e. The fourth-order valence-corrected chi connectivity index (χ4v) is 1.83. The molecule has 2 heterocycles. The van der Waals surface area contributed by atoms with E-state index in [1.807, 2.05) is 41.3 Å². The summed E-state index contributed by atoms with van der Waals surface area (Å²) in [6.07, 6.45) is 7.26. The number of nitrogen functional groups attached to an aromatic ring is 1. The van der Waals surface area contributed by atoms with E-state index in [4.69, 9.17) is 5.73 Å². The maximum absolute atomic E-state index is 5.67. The molecule has 0 aliphatic heterocycles. The van der Waals surface area contributed by atoms with Crippen molar-refractivity contribution in [3.05, 3.63) is 60.9 Å². The molecule has 0 aliphatic rings. The van der Waals surface area contributed by atoms with Crippen LogP contribution in [-0.4, -0.2) is 19.7 Å². The summed E-state index contributed by atoms with van der Waals surface area (Å²) in [4.78, 5) is 8.36. The first-order chi connectivity index (χ1) is 9.31. The van der Waals surface area contributed by atoms with Crippen molar-refractivity contribution in [1.29, 1.82) is 0 Å². The van der Waals surface area contributed by atoms with Gasteiger partial charge in [0.1, 0.15) is 12.4 Å². The average molecular weight is 251 g/mol. The van der Waals surface area contributed by atoms with E-state index in [2.05, 4.69) is 15.1 Å². The van der Waals surface area contributed by atoms with Gasteiger partial charge < -0.3 is 5.73 Å². The molecule has 2 N–H and O–H groups in total. The number of benzene rings is 1. The van der Waals surface area contributed by atoms with Gasteiger partial charge in [0.2, 0.25) is 0 Å². The predicted molar refractivity (Wildman–Crippen MR) is 73.2 cm³/mol. The first-order valence-corrected chi connectivity index (χ1v) is 5.95. The zero-order valence-corrected chi connectivity index (χ0v) is 10.3. The smallest absolute Gasteiger partial charge is 0.149 e. The fraction of sp³-hybridized carbons (Fsp3) is 0.0714. The van der Waals surface area contributed by atoms with Crippen LogP contribution in [0.1, 0.15) is 5.82 Å². The third-order valence-corrected chi connectivity index (χ3v) is 2.80. The second kappa shape index (κ2) is 4.89. The quantitative estimate of drug-likeness (QED) is 0.722. The van der Waals surface area contributed by atoms with Gasteiger partial charge >= 0.3 is 0 Å². The highest BCUT2D eigenvalue weighted by Crippen LogP contribution is 2.19. The van der Waals surface area contributed by atoms with Crippen LogP contribution in [0.15, 0.2) is 55.1 Å². The molecule has 1 aromatic carbocycles. The van der Waals surface area contributed by atoms with Gasteiger partial charge in [0.25, 0.3) is 0 Å². The molecule has 0 saturated heterocycles. The van der Waals surface area contributed by atoms with Gasteiger partial charge in [0.05, 0.1) is 6.20 Å². The van der Waals surface area contributed by atoms with Crippen molar-refractivity contribution in [2.24, 2.45) is 0 Å². The van der Waals surface area contributed by atoms with Crippen LogP contribution in [0.2, 0.25) is 0 Å². The van der Waals surface area contributed by atoms with Crippen molar-refractivity contribution in [2.45, 2.75) is 6.54 Å². The summed E-state index contributed by atoms with van der Waals surface area (Å²) >= 11 is 0. The van der Waals surface area contributed by atoms with Gasteiger partial charge in [-0.2, -0.15) is 5.10 Å². The minimum atomic E-state index is 0.565. The van der Waals surface area contributed by atoms with Gasteiger partial charge in [0, 0.05) is 29.8 Å². The lowest BCUT2D eigenvalue weighted by Gasteiger charge is -1.99. The Labute approximate surface area is 110 Å². The van der Waals surface area contributed by atoms with E-state index in [-0.39, 0.29) is 0 Å². The molecule has 5 nitrogen and oxygen atoms in total. The summed E-state index contributed by atoms with van der Waals surface area (Å²) in [7, 11) is 0. The summed E-state index contributed by atoms with van der Waals surface area (Å²) < 4.78 is 1.82. The first kappa shape index (κ1) is 11.4. The van der Waals surface area contributed by atoms with E-state index in [0.29, 0.717) is 6.54 Å². The number of hydrogen-bond donors (Lipinski definition) is 1. The van der Waals surface area contributed by atoms with E-state index in [1.165, 1.54) is 0 Å². The van der Waals surface area contributed by atoms with Gasteiger partial charge in [-0.1, -0.05) is 12.1 Å². The van der Waals surface area contributed by atoms with E-state index in [9.17, 15) is 0 Å². The monoisotopic (exact) mass is 251 g/mol. The van der Waals surface area contributed by atoms with Crippen LogP contribution in [0.4, 0.5) is 5.69 Å². The highest BCUT2D eigenvalue weighted by Gasteiger charge is 2.03. The van der Waals surface area contributed by atoms with Crippen LogP contribution >= 0.6 is 0 Å². The van der Waals surface area contributed by atoms with Crippen molar-refractivity contribution in [3.8, 4) is 11.1 Å². The number of hydrogen-bond acceptors (Lipinski definition) is 4. The molecule has 0 spiro atoms. The Morgan fingerprint density at radius 1 is 1.00 bits per heavy atom. The predicted octanol–water partition coefficient (Wildman–Crippen LogP) is 1.97. The molecule has 0 atom stereocenters. The van der Waals surface area contributed by atoms with E-state index >= 15 is 0 Å². The molecule has 2 aromatic heterocycles. The lowest BCUT2D eigenvalue weighted by molar-refractivity contribution is 0.655. The highest BCUT2D eigenvalue weighted by molar-refractivity contribution is 5.63. The summed E-state index contributed by atoms with van der Waals surface area (Å²) in [5, 5.41) is 4.32. The molecule has 0 radical (unpaired) electrons. The van der Waals surface area contributed by atoms with Crippen LogP contribution in [0.25, 0.3) is 11.1 Å². The van der Waals surface area contributed by atoms with Crippen LogP contribution in [0.3, 0.4) is 0 Å². The van der Waals surface area contributed by atoms with Crippen molar-refractivity contribution < 1.29 is 0 Å². The second-order valence-corrected chi connectivity index (χ2v) is 4.21. The van der Waals surface area contributed by atoms with Crippen molar-refractivity contribution >= 4 is 5.69 Å². The number of nitrogens with two attached hydrogens (primary N) is 1. The minimum absolute atomic E-state index is 0.565. The Kier molecular flexibility index (Phi) is 2.94. The Hall–Kier alpha value is -2.69. The number of nitrogens with zero attached hydrogens (tertiary/aromatic N) is 4. The fourth-order valence-electron chi connectivity index (χ4n) is 1.83. The molecular weight excluding hydrogens is 238 g/mol. The number of anilines is 1. The zero-order chi connectivity index (χ0) is 13.1. The summed E-state index contributed by atoms with van der Waals surface area (Å²) in [6, 6.07) is 9.53. The molecular formula is C14H13N5. The van der Waals surface area contributed by atoms with E-state index in [1.54, 1.807) is 18.5 Å². The number of aromatic nitrogens is 4. The van der Waals surface area contributed by atoms with Crippen molar-refractivity contribution in [2.75, 3.05) is 5.73 Å². The molecule has 0 unspecified atom stereocenters.